The predicted octanol–water partition coefficient (Wildman–Crippen LogP) is 3.60. The number of aromatic nitrogens is 4. The van der Waals surface area contributed by atoms with Crippen LogP contribution in [0, 0.1) is 6.92 Å². The van der Waals surface area contributed by atoms with Gasteiger partial charge in [0.15, 0.2) is 0 Å². The molecule has 0 unspecified atom stereocenters. The molecular formula is C18H23N5. The molecule has 3 aromatic rings. The van der Waals surface area contributed by atoms with E-state index >= 15 is 0 Å². The van der Waals surface area contributed by atoms with Crippen molar-refractivity contribution in [3.63, 3.8) is 0 Å². The third-order valence-electron chi connectivity index (χ3n) is 4.15. The summed E-state index contributed by atoms with van der Waals surface area (Å²) in [5.74, 6) is 1.56. The molecule has 0 aliphatic heterocycles. The second-order valence-electron chi connectivity index (χ2n) is 6.75. The van der Waals surface area contributed by atoms with Crippen LogP contribution in [0.25, 0.3) is 5.78 Å². The van der Waals surface area contributed by atoms with Crippen molar-refractivity contribution in [1.82, 2.24) is 19.6 Å². The van der Waals surface area contributed by atoms with E-state index in [9.17, 15) is 0 Å². The lowest BCUT2D eigenvalue weighted by Crippen LogP contribution is -2.28. The molecule has 2 heterocycles. The zero-order valence-corrected chi connectivity index (χ0v) is 14.1. The van der Waals surface area contributed by atoms with Crippen molar-refractivity contribution >= 4 is 11.6 Å². The van der Waals surface area contributed by atoms with Gasteiger partial charge in [0.25, 0.3) is 5.78 Å². The van der Waals surface area contributed by atoms with E-state index in [1.807, 2.05) is 13.0 Å². The molecule has 5 nitrogen and oxygen atoms in total. The van der Waals surface area contributed by atoms with Gasteiger partial charge in [-0.3, -0.25) is 0 Å². The van der Waals surface area contributed by atoms with Gasteiger partial charge in [0.1, 0.15) is 12.1 Å². The highest BCUT2D eigenvalue weighted by molar-refractivity contribution is 5.45. The van der Waals surface area contributed by atoms with Crippen LogP contribution < -0.4 is 5.32 Å². The van der Waals surface area contributed by atoms with Gasteiger partial charge in [0.2, 0.25) is 0 Å². The molecule has 120 valence electrons. The van der Waals surface area contributed by atoms with Crippen molar-refractivity contribution in [3.05, 3.63) is 54.0 Å². The zero-order chi connectivity index (χ0) is 16.4. The monoisotopic (exact) mass is 309 g/mol. The normalized spacial score (nSPS) is 13.2. The number of rotatable bonds is 5. The van der Waals surface area contributed by atoms with Crippen molar-refractivity contribution in [2.24, 2.45) is 0 Å². The summed E-state index contributed by atoms with van der Waals surface area (Å²) in [6.45, 7) is 8.73. The molecule has 0 aliphatic rings. The molecule has 0 saturated heterocycles. The quantitative estimate of drug-likeness (QED) is 0.782. The van der Waals surface area contributed by atoms with E-state index in [0.717, 1.165) is 17.9 Å². The molecule has 0 aliphatic carbocycles. The molecule has 0 bridgehead atoms. The van der Waals surface area contributed by atoms with E-state index in [2.05, 4.69) is 71.5 Å². The van der Waals surface area contributed by atoms with Crippen LogP contribution in [0.3, 0.4) is 0 Å². The third-order valence-corrected chi connectivity index (χ3v) is 4.15. The molecule has 1 N–H and O–H groups in total. The van der Waals surface area contributed by atoms with Gasteiger partial charge in [0.05, 0.1) is 0 Å². The molecule has 0 radical (unpaired) electrons. The van der Waals surface area contributed by atoms with E-state index in [1.54, 1.807) is 4.52 Å². The first-order valence-corrected chi connectivity index (χ1v) is 7.95. The fourth-order valence-corrected chi connectivity index (χ4v) is 3.11. The van der Waals surface area contributed by atoms with E-state index in [0.29, 0.717) is 11.8 Å². The Kier molecular flexibility index (Phi) is 4.03. The van der Waals surface area contributed by atoms with Gasteiger partial charge >= 0.3 is 0 Å². The summed E-state index contributed by atoms with van der Waals surface area (Å²) in [6.07, 6.45) is 2.54. The number of benzene rings is 1. The molecule has 2 aromatic heterocycles. The Bertz CT molecular complexity index is 792. The number of nitrogens with one attached hydrogen (secondary N) is 1. The van der Waals surface area contributed by atoms with Crippen molar-refractivity contribution in [2.45, 2.75) is 45.6 Å². The molecule has 5 heteroatoms. The third kappa shape index (κ3) is 3.33. The summed E-state index contributed by atoms with van der Waals surface area (Å²) in [5, 5.41) is 7.81. The highest BCUT2D eigenvalue weighted by Gasteiger charge is 2.23. The van der Waals surface area contributed by atoms with Gasteiger partial charge in [-0.1, -0.05) is 44.2 Å². The Balaban J connectivity index is 1.78. The van der Waals surface area contributed by atoms with E-state index in [1.165, 1.54) is 11.9 Å². The lowest BCUT2D eigenvalue weighted by molar-refractivity contribution is 0.449. The molecule has 0 amide bonds. The second-order valence-corrected chi connectivity index (χ2v) is 6.75. The first-order chi connectivity index (χ1) is 11.0. The topological polar surface area (TPSA) is 55.1 Å². The van der Waals surface area contributed by atoms with Crippen molar-refractivity contribution in [3.8, 4) is 0 Å². The maximum absolute atomic E-state index is 4.38. The van der Waals surface area contributed by atoms with Crippen LogP contribution in [0.4, 0.5) is 5.82 Å². The average molecular weight is 309 g/mol. The Hall–Kier alpha value is -2.43. The van der Waals surface area contributed by atoms with Crippen molar-refractivity contribution in [2.75, 3.05) is 5.32 Å². The number of aryl methyl sites for hydroxylation is 1. The highest BCUT2D eigenvalue weighted by Crippen LogP contribution is 2.29. The first-order valence-electron chi connectivity index (χ1n) is 7.95. The van der Waals surface area contributed by atoms with Gasteiger partial charge in [-0.2, -0.15) is 14.6 Å². The molecular weight excluding hydrogens is 286 g/mol. The molecule has 0 fully saturated rings. The maximum atomic E-state index is 4.38. The molecule has 23 heavy (non-hydrogen) atoms. The Labute approximate surface area is 136 Å². The van der Waals surface area contributed by atoms with Crippen LogP contribution in [0.2, 0.25) is 0 Å². The Morgan fingerprint density at radius 2 is 1.96 bits per heavy atom. The Morgan fingerprint density at radius 3 is 2.70 bits per heavy atom. The number of fused-ring (bicyclic) bond motifs is 1. The number of hydrogen-bond acceptors (Lipinski definition) is 4. The second kappa shape index (κ2) is 5.99. The summed E-state index contributed by atoms with van der Waals surface area (Å²) in [6, 6.07) is 12.9. The minimum absolute atomic E-state index is 0.0945. The molecule has 3 rings (SSSR count). The number of hydrogen-bond donors (Lipinski definition) is 1. The molecule has 1 atom stereocenters. The van der Waals surface area contributed by atoms with Crippen LogP contribution in [0.15, 0.2) is 42.7 Å². The van der Waals surface area contributed by atoms with Gasteiger partial charge in [0, 0.05) is 17.8 Å². The van der Waals surface area contributed by atoms with E-state index in [4.69, 9.17) is 0 Å². The molecule has 0 saturated carbocycles. The van der Waals surface area contributed by atoms with Crippen LogP contribution in [-0.4, -0.2) is 25.6 Å². The summed E-state index contributed by atoms with van der Waals surface area (Å²) < 4.78 is 1.75. The fourth-order valence-electron chi connectivity index (χ4n) is 3.11. The Morgan fingerprint density at radius 1 is 1.22 bits per heavy atom. The molecule has 1 aromatic carbocycles. The SMILES string of the molecule is Cc1cc(N[C@@H](C)CC(C)(C)c2ccccc2)n2ncnc2n1. The summed E-state index contributed by atoms with van der Waals surface area (Å²) in [7, 11) is 0. The minimum Gasteiger partial charge on any atom is -0.367 e. The summed E-state index contributed by atoms with van der Waals surface area (Å²) >= 11 is 0. The van der Waals surface area contributed by atoms with Crippen molar-refractivity contribution in [1.29, 1.82) is 0 Å². The van der Waals surface area contributed by atoms with Crippen LogP contribution >= 0.6 is 0 Å². The van der Waals surface area contributed by atoms with Crippen LogP contribution in [-0.2, 0) is 5.41 Å². The average Bonchev–Trinajstić information content (AvgIpc) is 2.96. The summed E-state index contributed by atoms with van der Waals surface area (Å²) in [4.78, 5) is 8.55. The van der Waals surface area contributed by atoms with Crippen molar-refractivity contribution < 1.29 is 0 Å². The largest absolute Gasteiger partial charge is 0.367 e. The van der Waals surface area contributed by atoms with Gasteiger partial charge in [-0.25, -0.2) is 4.98 Å². The lowest BCUT2D eigenvalue weighted by Gasteiger charge is -2.29. The van der Waals surface area contributed by atoms with Gasteiger partial charge < -0.3 is 5.32 Å². The lowest BCUT2D eigenvalue weighted by atomic mass is 9.79. The van der Waals surface area contributed by atoms with Gasteiger partial charge in [-0.05, 0) is 31.2 Å². The zero-order valence-electron chi connectivity index (χ0n) is 14.1. The first kappa shape index (κ1) is 15.5. The smallest absolute Gasteiger partial charge is 0.254 e. The highest BCUT2D eigenvalue weighted by atomic mass is 15.4. The van der Waals surface area contributed by atoms with E-state index in [-0.39, 0.29) is 5.41 Å². The van der Waals surface area contributed by atoms with E-state index < -0.39 is 0 Å². The minimum atomic E-state index is 0.0945. The standard InChI is InChI=1S/C18H23N5/c1-13-10-16(23-17(22-13)19-12-20-23)21-14(2)11-18(3,4)15-8-6-5-7-9-15/h5-10,12,14,21H,11H2,1-4H3/t14-/m0/s1. The van der Waals surface area contributed by atoms with Crippen LogP contribution in [0.5, 0.6) is 0 Å². The maximum Gasteiger partial charge on any atom is 0.254 e. The molecule has 0 spiro atoms. The number of anilines is 1. The van der Waals surface area contributed by atoms with Crippen LogP contribution in [0.1, 0.15) is 38.4 Å². The predicted molar refractivity (Wildman–Crippen MR) is 92.7 cm³/mol. The fraction of sp³-hybridized carbons (Fsp3) is 0.389. The van der Waals surface area contributed by atoms with Gasteiger partial charge in [-0.15, -0.1) is 0 Å². The summed E-state index contributed by atoms with van der Waals surface area (Å²) in [5.41, 5.74) is 2.38. The number of nitrogens with zero attached hydrogens (tertiary/aromatic N) is 4.